The molecule has 1 aliphatic heterocycles. The zero-order valence-electron chi connectivity index (χ0n) is 17.3. The number of H-pyrrole nitrogens is 1. The Morgan fingerprint density at radius 3 is 2.55 bits per heavy atom. The number of halogens is 2. The summed E-state index contributed by atoms with van der Waals surface area (Å²) in [6.45, 7) is 1.55. The van der Waals surface area contributed by atoms with Gasteiger partial charge in [-0.3, -0.25) is 9.59 Å². The number of carbonyl (C=O) groups excluding carboxylic acids is 1. The van der Waals surface area contributed by atoms with Crippen LogP contribution in [0.25, 0.3) is 11.6 Å². The summed E-state index contributed by atoms with van der Waals surface area (Å²) >= 11 is 5.88. The van der Waals surface area contributed by atoms with Crippen LogP contribution in [0.4, 0.5) is 10.1 Å². The predicted octanol–water partition coefficient (Wildman–Crippen LogP) is 4.46. The summed E-state index contributed by atoms with van der Waals surface area (Å²) in [5.41, 5.74) is 1.68. The van der Waals surface area contributed by atoms with Gasteiger partial charge in [0.25, 0.3) is 5.91 Å². The molecule has 170 valence electrons. The second-order valence-corrected chi connectivity index (χ2v) is 9.85. The number of carbonyl (C=O) groups is 2. The summed E-state index contributed by atoms with van der Waals surface area (Å²) in [5.74, 6) is -2.11. The molecule has 0 unspecified atom stereocenters. The summed E-state index contributed by atoms with van der Waals surface area (Å²) < 4.78 is 40.7. The van der Waals surface area contributed by atoms with Gasteiger partial charge < -0.3 is 15.4 Å². The van der Waals surface area contributed by atoms with E-state index in [1.807, 2.05) is 0 Å². The number of anilines is 1. The smallest absolute Gasteiger partial charge is 0.303 e. The topological polar surface area (TPSA) is 116 Å². The lowest BCUT2D eigenvalue weighted by molar-refractivity contribution is -0.137. The van der Waals surface area contributed by atoms with E-state index in [0.29, 0.717) is 16.3 Å². The second-order valence-electron chi connectivity index (χ2n) is 7.52. The number of hydrogen-bond donors (Lipinski definition) is 3. The molecule has 0 atom stereocenters. The minimum atomic E-state index is -4.03. The third-order valence-electron chi connectivity index (χ3n) is 5.30. The number of hydrogen-bond acceptors (Lipinski definition) is 4. The minimum Gasteiger partial charge on any atom is -0.481 e. The van der Waals surface area contributed by atoms with E-state index in [1.165, 1.54) is 48.5 Å². The molecule has 4 rings (SSSR count). The third kappa shape index (κ3) is 4.29. The number of aliphatic carboxylic acids is 1. The number of carboxylic acids is 1. The van der Waals surface area contributed by atoms with Gasteiger partial charge in [-0.2, -0.15) is 0 Å². The van der Waals surface area contributed by atoms with E-state index in [2.05, 4.69) is 10.3 Å². The molecule has 1 amide bonds. The fraction of sp³-hybridized carbons (Fsp3) is 0.130. The van der Waals surface area contributed by atoms with Gasteiger partial charge in [-0.1, -0.05) is 11.6 Å². The molecule has 3 N–H and O–H groups in total. The van der Waals surface area contributed by atoms with Gasteiger partial charge in [0.1, 0.15) is 5.82 Å². The van der Waals surface area contributed by atoms with Crippen LogP contribution in [0.2, 0.25) is 5.02 Å². The van der Waals surface area contributed by atoms with Crippen LogP contribution in [0.3, 0.4) is 0 Å². The SMILES string of the molecule is Cc1[nH]c(C=C2C(=O)Nc3ccc(F)cc32)c(CCC(=O)O)c1S(=O)(=O)c1ccc(Cl)cc1. The number of aryl methyl sites for hydroxylation is 1. The number of aromatic amines is 1. The molecule has 10 heteroatoms. The van der Waals surface area contributed by atoms with E-state index in [0.717, 1.165) is 0 Å². The summed E-state index contributed by atoms with van der Waals surface area (Å²) in [5, 5.41) is 12.2. The molecule has 2 aromatic carbocycles. The average Bonchev–Trinajstić information content (AvgIpc) is 3.23. The molecule has 2 heterocycles. The van der Waals surface area contributed by atoms with Crippen LogP contribution in [0.15, 0.2) is 52.3 Å². The molecule has 0 saturated heterocycles. The molecule has 0 spiro atoms. The van der Waals surface area contributed by atoms with Crippen molar-refractivity contribution in [2.24, 2.45) is 0 Å². The number of benzene rings is 2. The van der Waals surface area contributed by atoms with Gasteiger partial charge in [0.15, 0.2) is 0 Å². The van der Waals surface area contributed by atoms with E-state index in [-0.39, 0.29) is 45.2 Å². The van der Waals surface area contributed by atoms with Gasteiger partial charge in [-0.25, -0.2) is 12.8 Å². The minimum absolute atomic E-state index is 0.00388. The van der Waals surface area contributed by atoms with E-state index >= 15 is 0 Å². The molecule has 0 bridgehead atoms. The van der Waals surface area contributed by atoms with Crippen LogP contribution < -0.4 is 5.32 Å². The number of carboxylic acid groups (broad SMARTS) is 1. The Bertz CT molecular complexity index is 1430. The van der Waals surface area contributed by atoms with Crippen molar-refractivity contribution in [1.29, 1.82) is 0 Å². The average molecular weight is 489 g/mol. The van der Waals surface area contributed by atoms with Crippen molar-refractivity contribution in [3.63, 3.8) is 0 Å². The number of aromatic nitrogens is 1. The first-order valence-corrected chi connectivity index (χ1v) is 11.7. The maximum Gasteiger partial charge on any atom is 0.303 e. The zero-order chi connectivity index (χ0) is 23.9. The van der Waals surface area contributed by atoms with Crippen molar-refractivity contribution in [3.05, 3.63) is 75.8 Å². The number of fused-ring (bicyclic) bond motifs is 1. The summed E-state index contributed by atoms with van der Waals surface area (Å²) in [6.07, 6.45) is 0.998. The summed E-state index contributed by atoms with van der Waals surface area (Å²) in [7, 11) is -4.03. The number of rotatable bonds is 6. The van der Waals surface area contributed by atoms with Crippen molar-refractivity contribution in [2.75, 3.05) is 5.32 Å². The second kappa shape index (κ2) is 8.49. The van der Waals surface area contributed by atoms with E-state index in [1.54, 1.807) is 6.92 Å². The van der Waals surface area contributed by atoms with Crippen LogP contribution in [-0.2, 0) is 25.8 Å². The highest BCUT2D eigenvalue weighted by atomic mass is 35.5. The lowest BCUT2D eigenvalue weighted by atomic mass is 10.0. The van der Waals surface area contributed by atoms with Gasteiger partial charge in [-0.15, -0.1) is 0 Å². The normalized spacial score (nSPS) is 14.4. The van der Waals surface area contributed by atoms with E-state index in [4.69, 9.17) is 11.6 Å². The first kappa shape index (κ1) is 22.8. The molecule has 1 aliphatic rings. The van der Waals surface area contributed by atoms with Crippen LogP contribution in [-0.4, -0.2) is 30.4 Å². The van der Waals surface area contributed by atoms with Crippen molar-refractivity contribution in [2.45, 2.75) is 29.6 Å². The van der Waals surface area contributed by atoms with Gasteiger partial charge in [0, 0.05) is 34.1 Å². The van der Waals surface area contributed by atoms with Crippen LogP contribution in [0.1, 0.15) is 28.9 Å². The maximum atomic E-state index is 13.8. The van der Waals surface area contributed by atoms with Crippen LogP contribution >= 0.6 is 11.6 Å². The predicted molar refractivity (Wildman–Crippen MR) is 121 cm³/mol. The standard InChI is InChI=1S/C23H18ClFN2O5S/c1-12-22(33(31,32)15-5-2-13(24)3-6-15)16(7-9-21(28)29)20(26-12)11-18-17-10-14(25)4-8-19(17)27-23(18)30/h2-6,8,10-11,26H,7,9H2,1H3,(H,27,30)(H,28,29). The fourth-order valence-corrected chi connectivity index (χ4v) is 5.68. The van der Waals surface area contributed by atoms with Crippen molar-refractivity contribution >= 4 is 50.7 Å². The number of nitrogens with one attached hydrogen (secondary N) is 2. The summed E-state index contributed by atoms with van der Waals surface area (Å²) in [6, 6.07) is 9.49. The largest absolute Gasteiger partial charge is 0.481 e. The Labute approximate surface area is 193 Å². The molecule has 7 nitrogen and oxygen atoms in total. The fourth-order valence-electron chi connectivity index (χ4n) is 3.83. The lowest BCUT2D eigenvalue weighted by Gasteiger charge is -2.08. The van der Waals surface area contributed by atoms with Gasteiger partial charge in [-0.05, 0) is 67.4 Å². The quantitative estimate of drug-likeness (QED) is 0.443. The Kier molecular flexibility index (Phi) is 5.85. The third-order valence-corrected chi connectivity index (χ3v) is 7.53. The maximum absolute atomic E-state index is 13.8. The number of sulfone groups is 1. The molecule has 1 aromatic heterocycles. The van der Waals surface area contributed by atoms with Crippen molar-refractivity contribution < 1.29 is 27.5 Å². The van der Waals surface area contributed by atoms with E-state index in [9.17, 15) is 27.5 Å². The molecule has 0 radical (unpaired) electrons. The number of amides is 1. The highest BCUT2D eigenvalue weighted by Gasteiger charge is 2.30. The van der Waals surface area contributed by atoms with Crippen LogP contribution in [0.5, 0.6) is 0 Å². The van der Waals surface area contributed by atoms with Crippen LogP contribution in [0, 0.1) is 12.7 Å². The Morgan fingerprint density at radius 2 is 1.88 bits per heavy atom. The Balaban J connectivity index is 1.90. The summed E-state index contributed by atoms with van der Waals surface area (Å²) in [4.78, 5) is 26.7. The van der Waals surface area contributed by atoms with Gasteiger partial charge in [0.05, 0.1) is 15.4 Å². The first-order valence-electron chi connectivity index (χ1n) is 9.85. The molecule has 33 heavy (non-hydrogen) atoms. The van der Waals surface area contributed by atoms with Crippen molar-refractivity contribution in [3.8, 4) is 0 Å². The highest BCUT2D eigenvalue weighted by molar-refractivity contribution is 7.91. The lowest BCUT2D eigenvalue weighted by Crippen LogP contribution is -2.08. The monoisotopic (exact) mass is 488 g/mol. The Morgan fingerprint density at radius 1 is 1.18 bits per heavy atom. The van der Waals surface area contributed by atoms with Crippen molar-refractivity contribution in [1.82, 2.24) is 4.98 Å². The van der Waals surface area contributed by atoms with Gasteiger partial charge >= 0.3 is 5.97 Å². The van der Waals surface area contributed by atoms with Gasteiger partial charge in [0.2, 0.25) is 9.84 Å². The first-order chi connectivity index (χ1) is 15.6. The highest BCUT2D eigenvalue weighted by Crippen LogP contribution is 2.37. The Hall–Kier alpha value is -3.43. The zero-order valence-corrected chi connectivity index (χ0v) is 18.8. The molecular weight excluding hydrogens is 471 g/mol. The molecule has 0 fully saturated rings. The molecule has 3 aromatic rings. The molecule has 0 aliphatic carbocycles. The van der Waals surface area contributed by atoms with E-state index < -0.39 is 27.5 Å². The molecular formula is C23H18ClFN2O5S. The molecule has 0 saturated carbocycles.